The lowest BCUT2D eigenvalue weighted by Gasteiger charge is -2.22. The van der Waals surface area contributed by atoms with Crippen LogP contribution in [-0.2, 0) is 4.79 Å². The predicted molar refractivity (Wildman–Crippen MR) is 102 cm³/mol. The molecule has 6 heteroatoms. The molecule has 0 radical (unpaired) electrons. The molecule has 1 N–H and O–H groups in total. The van der Waals surface area contributed by atoms with Crippen LogP contribution in [0.2, 0.25) is 0 Å². The molecule has 0 unspecified atom stereocenters. The van der Waals surface area contributed by atoms with Gasteiger partial charge in [0, 0.05) is 37.6 Å². The van der Waals surface area contributed by atoms with E-state index in [4.69, 9.17) is 0 Å². The lowest BCUT2D eigenvalue weighted by atomic mass is 10.1. The molecule has 1 aromatic carbocycles. The van der Waals surface area contributed by atoms with Gasteiger partial charge >= 0.3 is 0 Å². The highest BCUT2D eigenvalue weighted by Gasteiger charge is 2.18. The molecule has 0 atom stereocenters. The number of unbranched alkanes of at least 4 members (excludes halogenated alkanes) is 1. The second-order valence-corrected chi connectivity index (χ2v) is 6.33. The first-order chi connectivity index (χ1) is 12.5. The maximum atomic E-state index is 12.6. The van der Waals surface area contributed by atoms with Crippen molar-refractivity contribution in [1.82, 2.24) is 14.9 Å². The zero-order valence-electron chi connectivity index (χ0n) is 15.7. The van der Waals surface area contributed by atoms with Crippen LogP contribution >= 0.6 is 0 Å². The van der Waals surface area contributed by atoms with Crippen molar-refractivity contribution in [1.29, 1.82) is 0 Å². The molecule has 2 rings (SSSR count). The van der Waals surface area contributed by atoms with Crippen LogP contribution in [0.1, 0.15) is 47.8 Å². The van der Waals surface area contributed by atoms with Crippen LogP contribution in [-0.4, -0.2) is 39.8 Å². The molecule has 0 aliphatic heterocycles. The molecule has 0 aliphatic rings. The predicted octanol–water partition coefficient (Wildman–Crippen LogP) is 3.36. The number of aryl methyl sites for hydroxylation is 2. The van der Waals surface area contributed by atoms with E-state index in [2.05, 4.69) is 22.2 Å². The summed E-state index contributed by atoms with van der Waals surface area (Å²) < 4.78 is 0. The van der Waals surface area contributed by atoms with Gasteiger partial charge in [-0.05, 0) is 43.5 Å². The summed E-state index contributed by atoms with van der Waals surface area (Å²) in [5.74, 6) is -0.299. The van der Waals surface area contributed by atoms with Gasteiger partial charge < -0.3 is 10.2 Å². The molecule has 0 fully saturated rings. The topological polar surface area (TPSA) is 75.2 Å². The summed E-state index contributed by atoms with van der Waals surface area (Å²) >= 11 is 0. The number of anilines is 1. The normalized spacial score (nSPS) is 10.4. The molecule has 138 valence electrons. The van der Waals surface area contributed by atoms with Gasteiger partial charge in [-0.2, -0.15) is 0 Å². The first-order valence-electron chi connectivity index (χ1n) is 8.93. The first-order valence-corrected chi connectivity index (χ1v) is 8.93. The fourth-order valence-corrected chi connectivity index (χ4v) is 2.51. The number of amides is 2. The van der Waals surface area contributed by atoms with E-state index in [-0.39, 0.29) is 18.2 Å². The minimum atomic E-state index is -0.189. The molecule has 6 nitrogen and oxygen atoms in total. The quantitative estimate of drug-likeness (QED) is 0.789. The highest BCUT2D eigenvalue weighted by Crippen LogP contribution is 2.14. The Morgan fingerprint density at radius 3 is 2.58 bits per heavy atom. The minimum Gasteiger partial charge on any atom is -0.337 e. The van der Waals surface area contributed by atoms with Crippen LogP contribution in [0.5, 0.6) is 0 Å². The smallest absolute Gasteiger partial charge is 0.274 e. The molecule has 1 aromatic heterocycles. The van der Waals surface area contributed by atoms with Crippen LogP contribution in [0, 0.1) is 13.8 Å². The Hall–Kier alpha value is -2.76. The van der Waals surface area contributed by atoms with Crippen molar-refractivity contribution in [3.05, 3.63) is 53.6 Å². The molecule has 0 saturated heterocycles. The van der Waals surface area contributed by atoms with Gasteiger partial charge in [0.25, 0.3) is 5.91 Å². The molecule has 2 amide bonds. The fourth-order valence-electron chi connectivity index (χ4n) is 2.51. The zero-order chi connectivity index (χ0) is 18.9. The molecule has 0 spiro atoms. The Morgan fingerprint density at radius 2 is 1.92 bits per heavy atom. The second-order valence-electron chi connectivity index (χ2n) is 6.33. The summed E-state index contributed by atoms with van der Waals surface area (Å²) in [5.41, 5.74) is 3.39. The van der Waals surface area contributed by atoms with E-state index in [9.17, 15) is 9.59 Å². The van der Waals surface area contributed by atoms with Gasteiger partial charge in [-0.15, -0.1) is 0 Å². The molecular formula is C20H26N4O2. The van der Waals surface area contributed by atoms with Crippen LogP contribution in [0.4, 0.5) is 5.69 Å². The summed E-state index contributed by atoms with van der Waals surface area (Å²) in [7, 11) is 0. The average molecular weight is 354 g/mol. The number of aromatic nitrogens is 2. The van der Waals surface area contributed by atoms with E-state index < -0.39 is 0 Å². The van der Waals surface area contributed by atoms with Crippen molar-refractivity contribution < 1.29 is 9.59 Å². The lowest BCUT2D eigenvalue weighted by molar-refractivity contribution is -0.116. The lowest BCUT2D eigenvalue weighted by Crippen LogP contribution is -2.35. The number of nitrogens with zero attached hydrogens (tertiary/aromatic N) is 3. The third kappa shape index (κ3) is 5.65. The number of rotatable bonds is 8. The maximum Gasteiger partial charge on any atom is 0.274 e. The SMILES string of the molecule is CCCCN(CCC(=O)Nc1ccc(C)c(C)c1)C(=O)c1cnccn1. The molecule has 0 aliphatic carbocycles. The van der Waals surface area contributed by atoms with Crippen LogP contribution in [0.15, 0.2) is 36.8 Å². The molecule has 2 aromatic rings. The van der Waals surface area contributed by atoms with E-state index in [0.717, 1.165) is 24.1 Å². The molecular weight excluding hydrogens is 328 g/mol. The summed E-state index contributed by atoms with van der Waals surface area (Å²) in [4.78, 5) is 34.6. The fraction of sp³-hybridized carbons (Fsp3) is 0.400. The van der Waals surface area contributed by atoms with Gasteiger partial charge in [0.1, 0.15) is 5.69 Å². The largest absolute Gasteiger partial charge is 0.337 e. The van der Waals surface area contributed by atoms with Crippen molar-refractivity contribution in [2.24, 2.45) is 0 Å². The number of hydrogen-bond acceptors (Lipinski definition) is 4. The van der Waals surface area contributed by atoms with Gasteiger partial charge in [0.05, 0.1) is 6.20 Å². The zero-order valence-corrected chi connectivity index (χ0v) is 15.7. The van der Waals surface area contributed by atoms with Gasteiger partial charge in [-0.1, -0.05) is 19.4 Å². The van der Waals surface area contributed by atoms with E-state index >= 15 is 0 Å². The van der Waals surface area contributed by atoms with E-state index in [1.54, 1.807) is 4.90 Å². The van der Waals surface area contributed by atoms with Crippen molar-refractivity contribution in [3.8, 4) is 0 Å². The highest BCUT2D eigenvalue weighted by molar-refractivity contribution is 5.93. The maximum absolute atomic E-state index is 12.6. The standard InChI is InChI=1S/C20H26N4O2/c1-4-5-11-24(20(26)18-14-21-9-10-22-18)12-8-19(25)23-17-7-6-15(2)16(3)13-17/h6-7,9-10,13-14H,4-5,8,11-12H2,1-3H3,(H,23,25). The average Bonchev–Trinajstić information content (AvgIpc) is 2.65. The van der Waals surface area contributed by atoms with Crippen LogP contribution in [0.3, 0.4) is 0 Å². The Morgan fingerprint density at radius 1 is 1.12 bits per heavy atom. The Bertz CT molecular complexity index is 747. The van der Waals surface area contributed by atoms with Gasteiger partial charge in [-0.25, -0.2) is 4.98 Å². The third-order valence-corrected chi connectivity index (χ3v) is 4.25. The summed E-state index contributed by atoms with van der Waals surface area (Å²) in [6, 6.07) is 5.82. The van der Waals surface area contributed by atoms with Crippen LogP contribution in [0.25, 0.3) is 0 Å². The second kappa shape index (κ2) is 9.65. The number of carbonyl (C=O) groups is 2. The van der Waals surface area contributed by atoms with E-state index in [0.29, 0.717) is 18.8 Å². The number of nitrogens with one attached hydrogen (secondary N) is 1. The van der Waals surface area contributed by atoms with Gasteiger partial charge in [-0.3, -0.25) is 14.6 Å². The summed E-state index contributed by atoms with van der Waals surface area (Å²) in [5, 5.41) is 2.90. The van der Waals surface area contributed by atoms with E-state index in [1.165, 1.54) is 24.2 Å². The van der Waals surface area contributed by atoms with Crippen molar-refractivity contribution in [3.63, 3.8) is 0 Å². The molecule has 1 heterocycles. The highest BCUT2D eigenvalue weighted by atomic mass is 16.2. The van der Waals surface area contributed by atoms with Crippen LogP contribution < -0.4 is 5.32 Å². The van der Waals surface area contributed by atoms with Crippen molar-refractivity contribution in [2.45, 2.75) is 40.0 Å². The van der Waals surface area contributed by atoms with Crippen molar-refractivity contribution >= 4 is 17.5 Å². The number of carbonyl (C=O) groups excluding carboxylic acids is 2. The van der Waals surface area contributed by atoms with E-state index in [1.807, 2.05) is 32.0 Å². The number of hydrogen-bond donors (Lipinski definition) is 1. The van der Waals surface area contributed by atoms with Gasteiger partial charge in [0.2, 0.25) is 5.91 Å². The molecule has 0 saturated carbocycles. The van der Waals surface area contributed by atoms with Gasteiger partial charge in [0.15, 0.2) is 0 Å². The summed E-state index contributed by atoms with van der Waals surface area (Å²) in [6.45, 7) is 7.06. The summed E-state index contributed by atoms with van der Waals surface area (Å²) in [6.07, 6.45) is 6.57. The Labute approximate surface area is 154 Å². The third-order valence-electron chi connectivity index (χ3n) is 4.25. The monoisotopic (exact) mass is 354 g/mol. The Kier molecular flexibility index (Phi) is 7.26. The first kappa shape index (κ1) is 19.6. The Balaban J connectivity index is 1.96. The van der Waals surface area contributed by atoms with Crippen molar-refractivity contribution in [2.75, 3.05) is 18.4 Å². The molecule has 0 bridgehead atoms. The molecule has 26 heavy (non-hydrogen) atoms. The number of benzene rings is 1. The minimum absolute atomic E-state index is 0.110.